The van der Waals surface area contributed by atoms with Crippen LogP contribution in [0.25, 0.3) is 0 Å². The zero-order valence-electron chi connectivity index (χ0n) is 13.0. The average Bonchev–Trinajstić information content (AvgIpc) is 2.52. The predicted octanol–water partition coefficient (Wildman–Crippen LogP) is 1.90. The summed E-state index contributed by atoms with van der Waals surface area (Å²) < 4.78 is 26.8. The third kappa shape index (κ3) is 9.55. The molecule has 5 heteroatoms. The maximum absolute atomic E-state index is 5.69. The molecule has 1 rings (SSSR count). The van der Waals surface area contributed by atoms with Crippen molar-refractivity contribution in [3.63, 3.8) is 0 Å². The van der Waals surface area contributed by atoms with Crippen molar-refractivity contribution in [2.75, 3.05) is 53.9 Å². The Morgan fingerprint density at radius 2 is 1.48 bits per heavy atom. The smallest absolute Gasteiger partial charge is 0.104 e. The minimum absolute atomic E-state index is 0.0966. The lowest BCUT2D eigenvalue weighted by atomic mass is 10.2. The molecule has 0 aliphatic rings. The topological polar surface area (TPSA) is 46.2 Å². The van der Waals surface area contributed by atoms with Gasteiger partial charge in [-0.25, -0.2) is 0 Å². The van der Waals surface area contributed by atoms with Gasteiger partial charge in [0.15, 0.2) is 0 Å². The number of hydrogen-bond donors (Lipinski definition) is 0. The van der Waals surface area contributed by atoms with Crippen LogP contribution in [0.15, 0.2) is 30.3 Å². The first kappa shape index (κ1) is 18.1. The lowest BCUT2D eigenvalue weighted by Gasteiger charge is -2.18. The average molecular weight is 298 g/mol. The molecule has 0 aliphatic carbocycles. The lowest BCUT2D eigenvalue weighted by Crippen LogP contribution is -2.28. The number of ether oxygens (including phenoxy) is 5. The number of methoxy groups -OCH3 is 2. The molecule has 0 fully saturated rings. The van der Waals surface area contributed by atoms with Crippen LogP contribution in [-0.2, 0) is 30.3 Å². The van der Waals surface area contributed by atoms with Crippen LogP contribution >= 0.6 is 0 Å². The minimum atomic E-state index is -0.0966. The maximum Gasteiger partial charge on any atom is 0.104 e. The first-order chi connectivity index (χ1) is 10.4. The highest BCUT2D eigenvalue weighted by Crippen LogP contribution is 2.03. The van der Waals surface area contributed by atoms with Crippen LogP contribution in [-0.4, -0.2) is 60.0 Å². The summed E-state index contributed by atoms with van der Waals surface area (Å²) in [4.78, 5) is 0. The molecule has 0 saturated carbocycles. The van der Waals surface area contributed by atoms with E-state index < -0.39 is 0 Å². The fraction of sp³-hybridized carbons (Fsp3) is 0.625. The van der Waals surface area contributed by atoms with E-state index in [2.05, 4.69) is 0 Å². The molecule has 0 aliphatic heterocycles. The van der Waals surface area contributed by atoms with E-state index in [4.69, 9.17) is 23.7 Å². The Kier molecular flexibility index (Phi) is 11.0. The van der Waals surface area contributed by atoms with Gasteiger partial charge in [0.25, 0.3) is 0 Å². The normalized spacial score (nSPS) is 12.5. The monoisotopic (exact) mass is 298 g/mol. The number of hydrogen-bond acceptors (Lipinski definition) is 5. The van der Waals surface area contributed by atoms with E-state index in [1.165, 1.54) is 0 Å². The quantitative estimate of drug-likeness (QED) is 0.521. The maximum atomic E-state index is 5.69. The van der Waals surface area contributed by atoms with E-state index in [1.807, 2.05) is 30.3 Å². The third-order valence-corrected chi connectivity index (χ3v) is 2.79. The summed E-state index contributed by atoms with van der Waals surface area (Å²) in [5.74, 6) is 0. The van der Waals surface area contributed by atoms with Gasteiger partial charge in [-0.2, -0.15) is 0 Å². The Labute approximate surface area is 127 Å². The second-order valence-corrected chi connectivity index (χ2v) is 4.55. The molecular formula is C16H26O5. The molecule has 5 nitrogen and oxygen atoms in total. The highest BCUT2D eigenvalue weighted by Gasteiger charge is 2.10. The van der Waals surface area contributed by atoms with Crippen molar-refractivity contribution in [2.24, 2.45) is 0 Å². The van der Waals surface area contributed by atoms with Crippen LogP contribution < -0.4 is 0 Å². The van der Waals surface area contributed by atoms with E-state index in [-0.39, 0.29) is 6.10 Å². The molecular weight excluding hydrogens is 272 g/mol. The van der Waals surface area contributed by atoms with Gasteiger partial charge in [0.05, 0.1) is 46.2 Å². The van der Waals surface area contributed by atoms with E-state index in [0.717, 1.165) is 5.56 Å². The highest BCUT2D eigenvalue weighted by atomic mass is 16.6. The molecule has 0 N–H and O–H groups in total. The molecule has 0 amide bonds. The molecule has 0 radical (unpaired) electrons. The standard InChI is InChI=1S/C16H26O5/c1-17-8-10-19-13-16(21-11-9-18-2)14-20-12-15-6-4-3-5-7-15/h3-7,16H,8-14H2,1-2H3. The van der Waals surface area contributed by atoms with E-state index >= 15 is 0 Å². The fourth-order valence-electron chi connectivity index (χ4n) is 1.68. The second-order valence-electron chi connectivity index (χ2n) is 4.55. The molecule has 120 valence electrons. The van der Waals surface area contributed by atoms with Crippen molar-refractivity contribution in [2.45, 2.75) is 12.7 Å². The molecule has 0 bridgehead atoms. The van der Waals surface area contributed by atoms with Gasteiger partial charge in [-0.1, -0.05) is 30.3 Å². The summed E-state index contributed by atoms with van der Waals surface area (Å²) in [6.45, 7) is 3.78. The van der Waals surface area contributed by atoms with Crippen molar-refractivity contribution in [3.8, 4) is 0 Å². The van der Waals surface area contributed by atoms with Gasteiger partial charge >= 0.3 is 0 Å². The molecule has 0 aromatic heterocycles. The largest absolute Gasteiger partial charge is 0.382 e. The van der Waals surface area contributed by atoms with Gasteiger partial charge in [-0.15, -0.1) is 0 Å². The number of benzene rings is 1. The summed E-state index contributed by atoms with van der Waals surface area (Å²) in [6.07, 6.45) is -0.0966. The van der Waals surface area contributed by atoms with Gasteiger partial charge in [-0.05, 0) is 5.56 Å². The second kappa shape index (κ2) is 12.7. The summed E-state index contributed by atoms with van der Waals surface area (Å²) in [5, 5.41) is 0. The van der Waals surface area contributed by atoms with Crippen molar-refractivity contribution in [3.05, 3.63) is 35.9 Å². The summed E-state index contributed by atoms with van der Waals surface area (Å²) in [7, 11) is 3.30. The Morgan fingerprint density at radius 3 is 2.19 bits per heavy atom. The van der Waals surface area contributed by atoms with E-state index in [0.29, 0.717) is 46.2 Å². The van der Waals surface area contributed by atoms with Crippen LogP contribution in [0.3, 0.4) is 0 Å². The van der Waals surface area contributed by atoms with Crippen molar-refractivity contribution in [1.29, 1.82) is 0 Å². The van der Waals surface area contributed by atoms with Gasteiger partial charge in [0, 0.05) is 14.2 Å². The van der Waals surface area contributed by atoms with Gasteiger partial charge in [0.1, 0.15) is 6.10 Å². The van der Waals surface area contributed by atoms with Gasteiger partial charge in [-0.3, -0.25) is 0 Å². The number of rotatable bonds is 13. The SMILES string of the molecule is COCCOCC(COCc1ccccc1)OCCOC. The van der Waals surface area contributed by atoms with Crippen LogP contribution in [0.5, 0.6) is 0 Å². The molecule has 0 heterocycles. The zero-order chi connectivity index (χ0) is 15.2. The van der Waals surface area contributed by atoms with E-state index in [1.54, 1.807) is 14.2 Å². The highest BCUT2D eigenvalue weighted by molar-refractivity contribution is 5.13. The molecule has 1 aromatic carbocycles. The van der Waals surface area contributed by atoms with Crippen LogP contribution in [0, 0.1) is 0 Å². The van der Waals surface area contributed by atoms with E-state index in [9.17, 15) is 0 Å². The summed E-state index contributed by atoms with van der Waals surface area (Å²) in [6, 6.07) is 10.1. The van der Waals surface area contributed by atoms with Crippen molar-refractivity contribution < 1.29 is 23.7 Å². The van der Waals surface area contributed by atoms with Crippen molar-refractivity contribution >= 4 is 0 Å². The Bertz CT molecular complexity index is 331. The first-order valence-electron chi connectivity index (χ1n) is 7.15. The predicted molar refractivity (Wildman–Crippen MR) is 80.4 cm³/mol. The first-order valence-corrected chi connectivity index (χ1v) is 7.15. The summed E-state index contributed by atoms with van der Waals surface area (Å²) >= 11 is 0. The third-order valence-electron chi connectivity index (χ3n) is 2.79. The van der Waals surface area contributed by atoms with Crippen LogP contribution in [0.2, 0.25) is 0 Å². The fourth-order valence-corrected chi connectivity index (χ4v) is 1.68. The van der Waals surface area contributed by atoms with Crippen molar-refractivity contribution in [1.82, 2.24) is 0 Å². The molecule has 1 unspecified atom stereocenters. The molecule has 0 spiro atoms. The lowest BCUT2D eigenvalue weighted by molar-refractivity contribution is -0.0770. The van der Waals surface area contributed by atoms with Gasteiger partial charge in [0.2, 0.25) is 0 Å². The minimum Gasteiger partial charge on any atom is -0.382 e. The summed E-state index contributed by atoms with van der Waals surface area (Å²) in [5.41, 5.74) is 1.15. The Balaban J connectivity index is 2.22. The molecule has 1 aromatic rings. The van der Waals surface area contributed by atoms with Crippen LogP contribution in [0.4, 0.5) is 0 Å². The molecule has 0 saturated heterocycles. The molecule has 21 heavy (non-hydrogen) atoms. The zero-order valence-corrected chi connectivity index (χ0v) is 13.0. The van der Waals surface area contributed by atoms with Gasteiger partial charge < -0.3 is 23.7 Å². The molecule has 1 atom stereocenters. The van der Waals surface area contributed by atoms with Crippen LogP contribution in [0.1, 0.15) is 5.56 Å². The Morgan fingerprint density at radius 1 is 0.810 bits per heavy atom. The Hall–Kier alpha value is -0.980.